The van der Waals surface area contributed by atoms with Crippen LogP contribution in [0.1, 0.15) is 0 Å². The molecule has 5 nitrogen and oxygen atoms in total. The normalized spacial score (nSPS) is 10.7. The predicted molar refractivity (Wildman–Crippen MR) is 41.5 cm³/mol. The second-order valence-corrected chi connectivity index (χ2v) is 3.19. The van der Waals surface area contributed by atoms with Crippen LogP contribution in [0.15, 0.2) is 0 Å². The Kier molecular flexibility index (Phi) is 9.76. The van der Waals surface area contributed by atoms with Crippen LogP contribution in [0, 0.1) is 0 Å². The summed E-state index contributed by atoms with van der Waals surface area (Å²) < 4.78 is 32.7. The van der Waals surface area contributed by atoms with Crippen molar-refractivity contribution in [2.24, 2.45) is 0 Å². The zero-order valence-electron chi connectivity index (χ0n) is 5.36. The summed E-state index contributed by atoms with van der Waals surface area (Å²) in [5, 5.41) is 8.16. The first kappa shape index (κ1) is 14.4. The van der Waals surface area contributed by atoms with Gasteiger partial charge in [0.05, 0.1) is 25.6 Å². The molecule has 2 N–H and O–H groups in total. The summed E-state index contributed by atoms with van der Waals surface area (Å²) in [6.45, 7) is -0.139. The first-order valence-corrected chi connectivity index (χ1v) is 4.31. The van der Waals surface area contributed by atoms with E-state index in [1.165, 1.54) is 0 Å². The quantitative estimate of drug-likeness (QED) is 0.307. The molecule has 0 amide bonds. The zero-order valence-corrected chi connectivity index (χ0v) is 6.17. The Balaban J connectivity index is 0. The second kappa shape index (κ2) is 7.48. The van der Waals surface area contributed by atoms with Gasteiger partial charge in [-0.05, 0) is 0 Å². The molecule has 0 fully saturated rings. The van der Waals surface area contributed by atoms with Crippen LogP contribution in [0.2, 0.25) is 0 Å². The zero-order chi connectivity index (χ0) is 8.04. The topological polar surface area (TPSA) is 83.8 Å². The van der Waals surface area contributed by atoms with Crippen LogP contribution in [0.5, 0.6) is 0 Å². The van der Waals surface area contributed by atoms with Crippen molar-refractivity contribution < 1.29 is 22.8 Å². The van der Waals surface area contributed by atoms with Gasteiger partial charge in [-0.25, -0.2) is 0 Å². The van der Waals surface area contributed by atoms with Crippen LogP contribution in [0.4, 0.5) is 0 Å². The number of ether oxygens (including phenoxy) is 1. The molecule has 0 heterocycles. The molecule has 0 atom stereocenters. The molecule has 0 radical (unpaired) electrons. The molecule has 0 saturated heterocycles. The number of aliphatic hydroxyl groups is 1. The van der Waals surface area contributed by atoms with Gasteiger partial charge >= 0.3 is 29.6 Å². The first-order chi connectivity index (χ1) is 4.56. The summed E-state index contributed by atoms with van der Waals surface area (Å²) in [6.07, 6.45) is 0. The van der Waals surface area contributed by atoms with E-state index in [1.807, 2.05) is 0 Å². The van der Waals surface area contributed by atoms with E-state index >= 15 is 0 Å². The van der Waals surface area contributed by atoms with Crippen molar-refractivity contribution in [1.29, 1.82) is 0 Å². The van der Waals surface area contributed by atoms with Gasteiger partial charge in [-0.15, -0.1) is 0 Å². The Hall–Kier alpha value is 0.830. The van der Waals surface area contributed by atoms with E-state index in [1.54, 1.807) is 0 Å². The van der Waals surface area contributed by atoms with Gasteiger partial charge in [0.25, 0.3) is 10.1 Å². The Labute approximate surface area is 87.8 Å². The molecule has 64 valence electrons. The Morgan fingerprint density at radius 1 is 1.27 bits per heavy atom. The summed E-state index contributed by atoms with van der Waals surface area (Å²) in [5.74, 6) is -0.424. The monoisotopic (exact) mass is 194 g/mol. The number of hydrogen-bond donors (Lipinski definition) is 2. The standard InChI is InChI=1S/C4H10O5S.Na.H/c5-1-2-9-3-4-10(6,7)8;;/h5H,1-4H2,(H,6,7,8);;. The molecule has 0 spiro atoms. The third kappa shape index (κ3) is 13.8. The fraction of sp³-hybridized carbons (Fsp3) is 1.00. The fourth-order valence-electron chi connectivity index (χ4n) is 0.331. The Bertz CT molecular complexity index is 165. The van der Waals surface area contributed by atoms with Crippen LogP contribution in [-0.4, -0.2) is 73.2 Å². The van der Waals surface area contributed by atoms with Crippen LogP contribution in [0.25, 0.3) is 0 Å². The first-order valence-electron chi connectivity index (χ1n) is 2.70. The van der Waals surface area contributed by atoms with Crippen molar-refractivity contribution in [3.63, 3.8) is 0 Å². The summed E-state index contributed by atoms with van der Waals surface area (Å²) in [7, 11) is -3.91. The molecule has 0 aromatic rings. The van der Waals surface area contributed by atoms with Gasteiger partial charge < -0.3 is 9.84 Å². The number of aliphatic hydroxyl groups excluding tert-OH is 1. The van der Waals surface area contributed by atoms with Crippen molar-refractivity contribution in [1.82, 2.24) is 0 Å². The van der Waals surface area contributed by atoms with E-state index < -0.39 is 15.9 Å². The fourth-order valence-corrected chi connectivity index (χ4v) is 0.659. The molecule has 0 bridgehead atoms. The van der Waals surface area contributed by atoms with Crippen molar-refractivity contribution in [3.05, 3.63) is 0 Å². The Morgan fingerprint density at radius 3 is 2.18 bits per heavy atom. The summed E-state index contributed by atoms with van der Waals surface area (Å²) in [6, 6.07) is 0. The van der Waals surface area contributed by atoms with Crippen molar-refractivity contribution in [3.8, 4) is 0 Å². The van der Waals surface area contributed by atoms with E-state index in [9.17, 15) is 8.42 Å². The average molecular weight is 194 g/mol. The minimum absolute atomic E-state index is 0. The molecule has 0 rings (SSSR count). The van der Waals surface area contributed by atoms with E-state index in [0.717, 1.165) is 0 Å². The van der Waals surface area contributed by atoms with E-state index in [0.29, 0.717) is 0 Å². The molecule has 11 heavy (non-hydrogen) atoms. The third-order valence-corrected chi connectivity index (χ3v) is 1.40. The summed E-state index contributed by atoms with van der Waals surface area (Å²) in [4.78, 5) is 0. The summed E-state index contributed by atoms with van der Waals surface area (Å²) in [5.41, 5.74) is 0. The number of hydrogen-bond acceptors (Lipinski definition) is 4. The maximum atomic E-state index is 10.0. The average Bonchev–Trinajstić information content (AvgIpc) is 1.78. The van der Waals surface area contributed by atoms with Gasteiger partial charge in [0.15, 0.2) is 0 Å². The van der Waals surface area contributed by atoms with Crippen molar-refractivity contribution >= 4 is 39.7 Å². The molecular formula is C4H11NaO5S. The van der Waals surface area contributed by atoms with Gasteiger partial charge in [0, 0.05) is 0 Å². The minimum atomic E-state index is -3.91. The summed E-state index contributed by atoms with van der Waals surface area (Å²) >= 11 is 0. The van der Waals surface area contributed by atoms with Gasteiger partial charge in [0.2, 0.25) is 0 Å². The van der Waals surface area contributed by atoms with Gasteiger partial charge in [0.1, 0.15) is 0 Å². The molecule has 0 aliphatic carbocycles. The van der Waals surface area contributed by atoms with Crippen LogP contribution in [-0.2, 0) is 14.9 Å². The maximum absolute atomic E-state index is 10.0. The second-order valence-electron chi connectivity index (χ2n) is 1.62. The van der Waals surface area contributed by atoms with Gasteiger partial charge in [-0.2, -0.15) is 8.42 Å². The van der Waals surface area contributed by atoms with E-state index in [4.69, 9.17) is 9.66 Å². The van der Waals surface area contributed by atoms with Crippen molar-refractivity contribution in [2.75, 3.05) is 25.6 Å². The predicted octanol–water partition coefficient (Wildman–Crippen LogP) is -1.77. The number of rotatable bonds is 5. The molecule has 7 heteroatoms. The molecular weight excluding hydrogens is 183 g/mol. The molecule has 0 unspecified atom stereocenters. The molecule has 0 saturated carbocycles. The van der Waals surface area contributed by atoms with Crippen LogP contribution >= 0.6 is 0 Å². The van der Waals surface area contributed by atoms with Crippen molar-refractivity contribution in [2.45, 2.75) is 0 Å². The van der Waals surface area contributed by atoms with Crippen LogP contribution < -0.4 is 0 Å². The molecule has 0 aliphatic rings. The third-order valence-electron chi connectivity index (χ3n) is 0.721. The molecule has 0 aromatic carbocycles. The van der Waals surface area contributed by atoms with Gasteiger partial charge in [-0.3, -0.25) is 4.55 Å². The SMILES string of the molecule is O=S(=O)(O)CCOCCO.[NaH]. The van der Waals surface area contributed by atoms with E-state index in [-0.39, 0.29) is 49.4 Å². The molecule has 0 aliphatic heterocycles. The van der Waals surface area contributed by atoms with Gasteiger partial charge in [-0.1, -0.05) is 0 Å². The van der Waals surface area contributed by atoms with E-state index in [2.05, 4.69) is 4.74 Å². The van der Waals surface area contributed by atoms with Crippen LogP contribution in [0.3, 0.4) is 0 Å². The Morgan fingerprint density at radius 2 is 1.82 bits per heavy atom. The molecule has 0 aromatic heterocycles.